The van der Waals surface area contributed by atoms with Crippen molar-refractivity contribution in [1.82, 2.24) is 10.6 Å². The van der Waals surface area contributed by atoms with Crippen LogP contribution in [0.4, 0.5) is 23.7 Å². The third-order valence-electron chi connectivity index (χ3n) is 4.27. The molecule has 3 amide bonds. The summed E-state index contributed by atoms with van der Waals surface area (Å²) in [6.45, 7) is 1.49. The number of phenolic OH excluding ortho intramolecular Hbond substituents is 1. The van der Waals surface area contributed by atoms with Gasteiger partial charge in [0, 0.05) is 11.4 Å². The molecule has 0 radical (unpaired) electrons. The smallest absolute Gasteiger partial charge is 0.416 e. The molecule has 2 aromatic rings. The van der Waals surface area contributed by atoms with Crippen LogP contribution in [-0.4, -0.2) is 17.0 Å². The average Bonchev–Trinajstić information content (AvgIpc) is 2.62. The van der Waals surface area contributed by atoms with E-state index in [1.807, 2.05) is 0 Å². The van der Waals surface area contributed by atoms with Gasteiger partial charge in [-0.05, 0) is 42.8 Å². The second-order valence-corrected chi connectivity index (χ2v) is 6.72. The maximum absolute atomic E-state index is 12.9. The first-order valence-corrected chi connectivity index (χ1v) is 8.69. The fourth-order valence-electron chi connectivity index (χ4n) is 2.92. The number of hydrogen-bond acceptors (Lipinski definition) is 3. The third-order valence-corrected chi connectivity index (χ3v) is 4.57. The van der Waals surface area contributed by atoms with E-state index in [-0.39, 0.29) is 27.7 Å². The molecule has 1 aliphatic rings. The summed E-state index contributed by atoms with van der Waals surface area (Å²) >= 11 is 5.92. The van der Waals surface area contributed by atoms with Crippen molar-refractivity contribution in [3.63, 3.8) is 0 Å². The Hall–Kier alpha value is -3.20. The van der Waals surface area contributed by atoms with Gasteiger partial charge in [0.25, 0.3) is 5.91 Å². The quantitative estimate of drug-likeness (QED) is 0.590. The molecule has 0 bridgehead atoms. The van der Waals surface area contributed by atoms with Crippen molar-refractivity contribution >= 4 is 29.2 Å². The van der Waals surface area contributed by atoms with Crippen molar-refractivity contribution < 1.29 is 27.9 Å². The lowest BCUT2D eigenvalue weighted by atomic mass is 9.94. The Morgan fingerprint density at radius 1 is 1.21 bits per heavy atom. The summed E-state index contributed by atoms with van der Waals surface area (Å²) in [7, 11) is 0. The first kappa shape index (κ1) is 20.5. The van der Waals surface area contributed by atoms with Crippen LogP contribution < -0.4 is 16.0 Å². The predicted molar refractivity (Wildman–Crippen MR) is 100 cm³/mol. The summed E-state index contributed by atoms with van der Waals surface area (Å²) in [4.78, 5) is 24.8. The average molecular weight is 426 g/mol. The molecule has 6 nitrogen and oxygen atoms in total. The lowest BCUT2D eigenvalue weighted by Crippen LogP contribution is -2.46. The summed E-state index contributed by atoms with van der Waals surface area (Å²) in [5, 5.41) is 17.1. The minimum Gasteiger partial charge on any atom is -0.506 e. The molecular weight excluding hydrogens is 411 g/mol. The monoisotopic (exact) mass is 425 g/mol. The van der Waals surface area contributed by atoms with Gasteiger partial charge in [-0.25, -0.2) is 4.79 Å². The Balaban J connectivity index is 1.95. The van der Waals surface area contributed by atoms with Crippen molar-refractivity contribution in [2.24, 2.45) is 0 Å². The molecule has 0 saturated heterocycles. The summed E-state index contributed by atoms with van der Waals surface area (Å²) in [5.41, 5.74) is -0.227. The van der Waals surface area contributed by atoms with Crippen molar-refractivity contribution in [2.45, 2.75) is 19.1 Å². The van der Waals surface area contributed by atoms with Crippen LogP contribution in [0, 0.1) is 0 Å². The highest BCUT2D eigenvalue weighted by Gasteiger charge is 2.33. The summed E-state index contributed by atoms with van der Waals surface area (Å²) < 4.78 is 38.7. The van der Waals surface area contributed by atoms with Gasteiger partial charge in [-0.2, -0.15) is 13.2 Å². The highest BCUT2D eigenvalue weighted by atomic mass is 35.5. The third kappa shape index (κ3) is 4.45. The number of rotatable bonds is 3. The molecular formula is C19H15ClF3N3O3. The second kappa shape index (κ2) is 7.67. The molecule has 0 aliphatic carbocycles. The number of aromatic hydroxyl groups is 1. The number of carbonyl (C=O) groups excluding carboxylic acids is 2. The van der Waals surface area contributed by atoms with Crippen molar-refractivity contribution in [2.75, 3.05) is 5.32 Å². The molecule has 1 unspecified atom stereocenters. The van der Waals surface area contributed by atoms with E-state index < -0.39 is 29.7 Å². The molecule has 4 N–H and O–H groups in total. The Morgan fingerprint density at radius 3 is 2.59 bits per heavy atom. The first-order chi connectivity index (χ1) is 13.6. The van der Waals surface area contributed by atoms with E-state index >= 15 is 0 Å². The van der Waals surface area contributed by atoms with Crippen molar-refractivity contribution in [3.05, 3.63) is 69.9 Å². The van der Waals surface area contributed by atoms with Crippen LogP contribution >= 0.6 is 11.6 Å². The van der Waals surface area contributed by atoms with Gasteiger partial charge >= 0.3 is 12.2 Å². The number of benzene rings is 2. The molecule has 1 heterocycles. The topological polar surface area (TPSA) is 90.5 Å². The number of anilines is 1. The van der Waals surface area contributed by atoms with Gasteiger partial charge in [0.05, 0.1) is 22.2 Å². The molecule has 1 atom stereocenters. The van der Waals surface area contributed by atoms with E-state index in [2.05, 4.69) is 16.0 Å². The van der Waals surface area contributed by atoms with E-state index in [0.29, 0.717) is 5.56 Å². The van der Waals surface area contributed by atoms with Gasteiger partial charge in [0.1, 0.15) is 5.75 Å². The number of phenols is 1. The molecule has 10 heteroatoms. The first-order valence-electron chi connectivity index (χ1n) is 8.31. The van der Waals surface area contributed by atoms with E-state index in [9.17, 15) is 27.9 Å². The fraction of sp³-hybridized carbons (Fsp3) is 0.158. The normalized spacial score (nSPS) is 16.9. The highest BCUT2D eigenvalue weighted by Crippen LogP contribution is 2.33. The summed E-state index contributed by atoms with van der Waals surface area (Å²) in [6, 6.07) is 6.89. The summed E-state index contributed by atoms with van der Waals surface area (Å²) in [5.74, 6) is -0.880. The van der Waals surface area contributed by atoms with Crippen LogP contribution in [0.2, 0.25) is 5.02 Å². The molecule has 2 aromatic carbocycles. The standard InChI is InChI=1S/C19H15ClF3N3O3/c1-9-15(17(28)25-12-4-2-3-11(8-12)19(21,22)23)16(26-18(29)24-9)10-5-6-14(27)13(20)7-10/h2-8,16,27H,1H3,(H,25,28)(H2,24,26,29). The molecule has 0 fully saturated rings. The van der Waals surface area contributed by atoms with Gasteiger partial charge in [-0.1, -0.05) is 23.7 Å². The largest absolute Gasteiger partial charge is 0.506 e. The predicted octanol–water partition coefficient (Wildman–Crippen LogP) is 4.33. The summed E-state index contributed by atoms with van der Waals surface area (Å²) in [6.07, 6.45) is -4.55. The Morgan fingerprint density at radius 2 is 1.93 bits per heavy atom. The molecule has 0 spiro atoms. The maximum atomic E-state index is 12.9. The molecule has 1 aliphatic heterocycles. The Bertz CT molecular complexity index is 1020. The number of hydrogen-bond donors (Lipinski definition) is 4. The highest BCUT2D eigenvalue weighted by molar-refractivity contribution is 6.32. The van der Waals surface area contributed by atoms with Gasteiger partial charge in [-0.3, -0.25) is 4.79 Å². The molecule has 0 aromatic heterocycles. The van der Waals surface area contributed by atoms with Gasteiger partial charge in [0.2, 0.25) is 0 Å². The van der Waals surface area contributed by atoms with Crippen molar-refractivity contribution in [3.8, 4) is 5.75 Å². The zero-order valence-electron chi connectivity index (χ0n) is 14.9. The number of urea groups is 1. The number of amides is 3. The van der Waals surface area contributed by atoms with Crippen LogP contribution in [0.3, 0.4) is 0 Å². The van der Waals surface area contributed by atoms with Crippen molar-refractivity contribution in [1.29, 1.82) is 0 Å². The SMILES string of the molecule is CC1=C(C(=O)Nc2cccc(C(F)(F)F)c2)C(c2ccc(O)c(Cl)c2)NC(=O)N1. The van der Waals surface area contributed by atoms with E-state index in [0.717, 1.165) is 12.1 Å². The van der Waals surface area contributed by atoms with Crippen LogP contribution in [0.15, 0.2) is 53.7 Å². The second-order valence-electron chi connectivity index (χ2n) is 6.31. The maximum Gasteiger partial charge on any atom is 0.416 e. The van der Waals surface area contributed by atoms with E-state index in [1.165, 1.54) is 37.3 Å². The molecule has 0 saturated carbocycles. The van der Waals surface area contributed by atoms with Crippen LogP contribution in [0.5, 0.6) is 5.75 Å². The van der Waals surface area contributed by atoms with Crippen LogP contribution in [0.25, 0.3) is 0 Å². The number of carbonyl (C=O) groups is 2. The molecule has 152 valence electrons. The van der Waals surface area contributed by atoms with E-state index in [1.54, 1.807) is 0 Å². The fourth-order valence-corrected chi connectivity index (χ4v) is 3.11. The Labute approximate surface area is 168 Å². The number of nitrogens with one attached hydrogen (secondary N) is 3. The zero-order valence-corrected chi connectivity index (χ0v) is 15.7. The number of halogens is 4. The van der Waals surface area contributed by atoms with Crippen LogP contribution in [-0.2, 0) is 11.0 Å². The zero-order chi connectivity index (χ0) is 21.3. The van der Waals surface area contributed by atoms with Crippen LogP contribution in [0.1, 0.15) is 24.1 Å². The lowest BCUT2D eigenvalue weighted by Gasteiger charge is -2.29. The van der Waals surface area contributed by atoms with Gasteiger partial charge < -0.3 is 21.1 Å². The van der Waals surface area contributed by atoms with Gasteiger partial charge in [-0.15, -0.1) is 0 Å². The molecule has 29 heavy (non-hydrogen) atoms. The number of alkyl halides is 3. The lowest BCUT2D eigenvalue weighted by molar-refractivity contribution is -0.137. The number of allylic oxidation sites excluding steroid dienone is 1. The van der Waals surface area contributed by atoms with E-state index in [4.69, 9.17) is 11.6 Å². The minimum atomic E-state index is -4.55. The minimum absolute atomic E-state index is 0.0190. The van der Waals surface area contributed by atoms with Gasteiger partial charge in [0.15, 0.2) is 0 Å². The molecule has 3 rings (SSSR count). The Kier molecular flexibility index (Phi) is 5.43.